The number of nitrogens with one attached hydrogen (secondary N) is 1. The Hall–Kier alpha value is -2.57. The summed E-state index contributed by atoms with van der Waals surface area (Å²) in [6.07, 6.45) is 2.97. The second-order valence-electron chi connectivity index (χ2n) is 5.04. The molecule has 3 aromatic rings. The van der Waals surface area contributed by atoms with Crippen LogP contribution in [-0.4, -0.2) is 10.9 Å². The molecule has 0 saturated carbocycles. The molecule has 1 N–H and O–H groups in total. The molecule has 1 heterocycles. The van der Waals surface area contributed by atoms with E-state index in [1.165, 1.54) is 12.1 Å². The molecule has 0 fully saturated rings. The van der Waals surface area contributed by atoms with Crippen molar-refractivity contribution in [2.45, 2.75) is 0 Å². The van der Waals surface area contributed by atoms with Gasteiger partial charge in [0.25, 0.3) is 0 Å². The van der Waals surface area contributed by atoms with Crippen molar-refractivity contribution < 1.29 is 13.6 Å². The van der Waals surface area contributed by atoms with Gasteiger partial charge in [0.2, 0.25) is 5.91 Å². The van der Waals surface area contributed by atoms with Gasteiger partial charge in [-0.3, -0.25) is 10.1 Å². The molecule has 0 aliphatic rings. The highest BCUT2D eigenvalue weighted by Gasteiger charge is 2.11. The van der Waals surface area contributed by atoms with Crippen molar-refractivity contribution in [3.8, 4) is 11.3 Å². The maximum Gasteiger partial charge on any atom is 0.250 e. The first-order valence-electron chi connectivity index (χ1n) is 7.17. The lowest BCUT2D eigenvalue weighted by Gasteiger charge is -1.99. The number of hydrogen-bond acceptors (Lipinski definition) is 3. The Bertz CT molecular complexity index is 956. The summed E-state index contributed by atoms with van der Waals surface area (Å²) in [5.74, 6) is -1.74. The molecule has 1 aromatic heterocycles. The Morgan fingerprint density at radius 1 is 1.20 bits per heavy atom. The summed E-state index contributed by atoms with van der Waals surface area (Å²) < 4.78 is 26.7. The minimum atomic E-state index is -0.705. The molecule has 7 heteroatoms. The highest BCUT2D eigenvalue weighted by molar-refractivity contribution is 7.14. The quantitative estimate of drug-likeness (QED) is 0.620. The first kappa shape index (κ1) is 17.3. The summed E-state index contributed by atoms with van der Waals surface area (Å²) >= 11 is 7.03. The van der Waals surface area contributed by atoms with Gasteiger partial charge in [0, 0.05) is 28.1 Å². The fourth-order valence-corrected chi connectivity index (χ4v) is 2.99. The van der Waals surface area contributed by atoms with Gasteiger partial charge in [-0.2, -0.15) is 0 Å². The number of nitrogens with zero attached hydrogens (tertiary/aromatic N) is 1. The summed E-state index contributed by atoms with van der Waals surface area (Å²) in [5.41, 5.74) is 1.29. The molecular formula is C18H11ClF2N2OS. The lowest BCUT2D eigenvalue weighted by Crippen LogP contribution is -2.07. The number of carbonyl (C=O) groups is 1. The Balaban J connectivity index is 1.69. The highest BCUT2D eigenvalue weighted by atomic mass is 35.5. The summed E-state index contributed by atoms with van der Waals surface area (Å²) in [5, 5.41) is 5.09. The fraction of sp³-hybridized carbons (Fsp3) is 0. The number of anilines is 1. The van der Waals surface area contributed by atoms with Crippen molar-refractivity contribution in [2.24, 2.45) is 0 Å². The van der Waals surface area contributed by atoms with Gasteiger partial charge >= 0.3 is 0 Å². The van der Waals surface area contributed by atoms with E-state index in [-0.39, 0.29) is 11.5 Å². The van der Waals surface area contributed by atoms with Crippen molar-refractivity contribution in [1.82, 2.24) is 4.98 Å². The van der Waals surface area contributed by atoms with Crippen LogP contribution in [0.1, 0.15) is 5.56 Å². The number of carbonyl (C=O) groups excluding carboxylic acids is 1. The average Bonchev–Trinajstić information content (AvgIpc) is 3.01. The molecule has 0 saturated heterocycles. The molecule has 0 unspecified atom stereocenters. The number of rotatable bonds is 4. The zero-order chi connectivity index (χ0) is 17.8. The summed E-state index contributed by atoms with van der Waals surface area (Å²) in [7, 11) is 0. The van der Waals surface area contributed by atoms with Crippen LogP contribution in [0.2, 0.25) is 5.02 Å². The minimum Gasteiger partial charge on any atom is -0.298 e. The van der Waals surface area contributed by atoms with Gasteiger partial charge in [-0.1, -0.05) is 23.7 Å². The number of thiazole rings is 1. The van der Waals surface area contributed by atoms with E-state index in [2.05, 4.69) is 10.3 Å². The van der Waals surface area contributed by atoms with Gasteiger partial charge in [0.1, 0.15) is 11.6 Å². The van der Waals surface area contributed by atoms with Gasteiger partial charge in [-0.25, -0.2) is 13.8 Å². The Morgan fingerprint density at radius 3 is 2.80 bits per heavy atom. The van der Waals surface area contributed by atoms with Crippen LogP contribution in [0.5, 0.6) is 0 Å². The molecular weight excluding hydrogens is 366 g/mol. The number of aromatic nitrogens is 1. The largest absolute Gasteiger partial charge is 0.298 e. The van der Waals surface area contributed by atoms with Gasteiger partial charge in [-0.15, -0.1) is 11.3 Å². The lowest BCUT2D eigenvalue weighted by molar-refractivity contribution is -0.111. The van der Waals surface area contributed by atoms with Crippen LogP contribution < -0.4 is 5.32 Å². The topological polar surface area (TPSA) is 42.0 Å². The Morgan fingerprint density at radius 2 is 2.04 bits per heavy atom. The van der Waals surface area contributed by atoms with E-state index in [0.29, 0.717) is 15.8 Å². The second kappa shape index (κ2) is 7.55. The molecule has 0 spiro atoms. The predicted molar refractivity (Wildman–Crippen MR) is 96.6 cm³/mol. The van der Waals surface area contributed by atoms with Crippen molar-refractivity contribution in [3.05, 3.63) is 76.1 Å². The van der Waals surface area contributed by atoms with E-state index in [0.717, 1.165) is 29.0 Å². The van der Waals surface area contributed by atoms with Crippen molar-refractivity contribution in [3.63, 3.8) is 0 Å². The molecule has 126 valence electrons. The molecule has 3 nitrogen and oxygen atoms in total. The van der Waals surface area contributed by atoms with Crippen molar-refractivity contribution in [2.75, 3.05) is 5.32 Å². The first-order valence-corrected chi connectivity index (χ1v) is 8.42. The zero-order valence-electron chi connectivity index (χ0n) is 12.7. The van der Waals surface area contributed by atoms with Gasteiger partial charge in [-0.05, 0) is 35.9 Å². The van der Waals surface area contributed by atoms with E-state index in [9.17, 15) is 13.6 Å². The third kappa shape index (κ3) is 4.49. The van der Waals surface area contributed by atoms with Crippen molar-refractivity contribution in [1.29, 1.82) is 0 Å². The van der Waals surface area contributed by atoms with E-state index < -0.39 is 11.6 Å². The second-order valence-corrected chi connectivity index (χ2v) is 6.33. The van der Waals surface area contributed by atoms with Crippen LogP contribution in [0, 0.1) is 11.6 Å². The fourth-order valence-electron chi connectivity index (χ4n) is 2.08. The summed E-state index contributed by atoms with van der Waals surface area (Å²) in [6.45, 7) is 0. The standard InChI is InChI=1S/C18H11ClF2N2OS/c19-12-3-1-2-11(8-12)4-7-17(24)23-18-22-16(10-25-18)14-6-5-13(20)9-15(14)21/h1-10H,(H,22,23,24)/b7-4+. The third-order valence-corrected chi connectivity index (χ3v) is 4.21. The number of halogens is 3. The molecule has 0 radical (unpaired) electrons. The smallest absolute Gasteiger partial charge is 0.250 e. The average molecular weight is 377 g/mol. The van der Waals surface area contributed by atoms with Crippen LogP contribution in [0.25, 0.3) is 17.3 Å². The van der Waals surface area contributed by atoms with E-state index >= 15 is 0 Å². The number of hydrogen-bond donors (Lipinski definition) is 1. The molecule has 2 aromatic carbocycles. The molecule has 0 aliphatic heterocycles. The van der Waals surface area contributed by atoms with Crippen LogP contribution in [0.3, 0.4) is 0 Å². The monoisotopic (exact) mass is 376 g/mol. The van der Waals surface area contributed by atoms with Gasteiger partial charge in [0.05, 0.1) is 5.69 Å². The minimum absolute atomic E-state index is 0.174. The number of benzene rings is 2. The molecule has 0 bridgehead atoms. The van der Waals surface area contributed by atoms with Gasteiger partial charge in [0.15, 0.2) is 5.13 Å². The molecule has 0 aliphatic carbocycles. The van der Waals surface area contributed by atoms with E-state index in [4.69, 9.17) is 11.6 Å². The predicted octanol–water partition coefficient (Wildman–Crippen LogP) is 5.39. The number of amides is 1. The van der Waals surface area contributed by atoms with Crippen molar-refractivity contribution >= 4 is 40.1 Å². The summed E-state index contributed by atoms with van der Waals surface area (Å²) in [6, 6.07) is 10.3. The van der Waals surface area contributed by atoms with Crippen LogP contribution in [0.15, 0.2) is 53.9 Å². The van der Waals surface area contributed by atoms with Gasteiger partial charge < -0.3 is 0 Å². The van der Waals surface area contributed by atoms with E-state index in [1.807, 2.05) is 6.07 Å². The maximum atomic E-state index is 13.8. The normalized spacial score (nSPS) is 11.0. The first-order chi connectivity index (χ1) is 12.0. The molecule has 1 amide bonds. The summed E-state index contributed by atoms with van der Waals surface area (Å²) in [4.78, 5) is 16.1. The Labute approximate surface area is 151 Å². The van der Waals surface area contributed by atoms with Crippen LogP contribution in [-0.2, 0) is 4.79 Å². The zero-order valence-corrected chi connectivity index (χ0v) is 14.2. The third-order valence-electron chi connectivity index (χ3n) is 3.22. The lowest BCUT2D eigenvalue weighted by atomic mass is 10.1. The van der Waals surface area contributed by atoms with Crippen LogP contribution >= 0.6 is 22.9 Å². The molecule has 3 rings (SSSR count). The maximum absolute atomic E-state index is 13.8. The molecule has 0 atom stereocenters. The SMILES string of the molecule is O=C(/C=C/c1cccc(Cl)c1)Nc1nc(-c2ccc(F)cc2F)cs1. The molecule has 25 heavy (non-hydrogen) atoms. The van der Waals surface area contributed by atoms with E-state index in [1.54, 1.807) is 29.7 Å². The highest BCUT2D eigenvalue weighted by Crippen LogP contribution is 2.27. The Kier molecular flexibility index (Phi) is 5.21. The van der Waals surface area contributed by atoms with Crippen LogP contribution in [0.4, 0.5) is 13.9 Å².